The summed E-state index contributed by atoms with van der Waals surface area (Å²) in [4.78, 5) is 27.4. The molecule has 0 radical (unpaired) electrons. The third kappa shape index (κ3) is 10.5. The van der Waals surface area contributed by atoms with Gasteiger partial charge in [0.05, 0.1) is 9.85 Å². The summed E-state index contributed by atoms with van der Waals surface area (Å²) in [5.41, 5.74) is 1.56. The molecule has 0 bridgehead atoms. The van der Waals surface area contributed by atoms with Crippen LogP contribution in [0.2, 0.25) is 0 Å². The molecule has 0 amide bonds. The lowest BCUT2D eigenvalue weighted by Crippen LogP contribution is -1.93. The smallest absolute Gasteiger partial charge is 0.258 e. The van der Waals surface area contributed by atoms with Crippen LogP contribution in [0.5, 0.6) is 0 Å². The Hall–Kier alpha value is -1.46. The lowest BCUT2D eigenvalue weighted by molar-refractivity contribution is -0.386. The number of alkyl halides is 1. The number of aryl methyl sites for hydroxylation is 1. The summed E-state index contributed by atoms with van der Waals surface area (Å²) in [6.45, 7) is 9.76. The Morgan fingerprint density at radius 1 is 0.889 bits per heavy atom. The molecule has 0 unspecified atom stereocenters. The van der Waals surface area contributed by atoms with Gasteiger partial charge in [0.25, 0.3) is 0 Å². The number of hydrogen-bond donors (Lipinski definition) is 0. The fraction of sp³-hybridized carbons (Fsp3) is 0.375. The quantitative estimate of drug-likeness (QED) is 0.174. The predicted molar refractivity (Wildman–Crippen MR) is 117 cm³/mol. The lowest BCUT2D eigenvalue weighted by Gasteiger charge is -1.96. The lowest BCUT2D eigenvalue weighted by atomic mass is 10.3. The van der Waals surface area contributed by atoms with Gasteiger partial charge in [-0.25, -0.2) is 9.97 Å². The van der Waals surface area contributed by atoms with Crippen LogP contribution in [-0.4, -0.2) is 19.8 Å². The Kier molecular flexibility index (Phi) is 16.0. The largest absolute Gasteiger partial charge is 0.302 e. The second-order valence-corrected chi connectivity index (χ2v) is 6.19. The monoisotopic (exact) mass is 570 g/mol. The first-order valence-electron chi connectivity index (χ1n) is 7.87. The van der Waals surface area contributed by atoms with Crippen LogP contribution in [0.15, 0.2) is 33.7 Å². The van der Waals surface area contributed by atoms with Gasteiger partial charge in [-0.05, 0) is 49.9 Å². The van der Waals surface area contributed by atoms with Gasteiger partial charge in [-0.3, -0.25) is 20.2 Å². The SMILES string of the molecule is CC.CC.Cc1cnc(Br)c([N+](=O)[O-])c1.O=[N+]([O-])c1cc(CBr)cnc1Br. The first-order chi connectivity index (χ1) is 12.8. The van der Waals surface area contributed by atoms with Crippen LogP contribution < -0.4 is 0 Å². The van der Waals surface area contributed by atoms with Gasteiger partial charge in [0.1, 0.15) is 0 Å². The van der Waals surface area contributed by atoms with Crippen LogP contribution in [0.3, 0.4) is 0 Å². The maximum absolute atomic E-state index is 10.4. The zero-order valence-electron chi connectivity index (χ0n) is 15.6. The number of nitro groups is 2. The summed E-state index contributed by atoms with van der Waals surface area (Å²) < 4.78 is 0.533. The molecule has 2 aromatic rings. The highest BCUT2D eigenvalue weighted by Gasteiger charge is 2.13. The molecule has 0 spiro atoms. The zero-order chi connectivity index (χ0) is 21.6. The molecule has 2 heterocycles. The van der Waals surface area contributed by atoms with E-state index in [1.807, 2.05) is 27.7 Å². The van der Waals surface area contributed by atoms with E-state index >= 15 is 0 Å². The summed E-state index contributed by atoms with van der Waals surface area (Å²) in [7, 11) is 0. The minimum Gasteiger partial charge on any atom is -0.258 e. The molecule has 2 aromatic heterocycles. The molecule has 0 aromatic carbocycles. The van der Waals surface area contributed by atoms with Crippen molar-refractivity contribution in [1.29, 1.82) is 0 Å². The molecule has 0 aliphatic carbocycles. The van der Waals surface area contributed by atoms with Crippen molar-refractivity contribution >= 4 is 59.2 Å². The van der Waals surface area contributed by atoms with Gasteiger partial charge < -0.3 is 0 Å². The van der Waals surface area contributed by atoms with Crippen LogP contribution in [0.25, 0.3) is 0 Å². The van der Waals surface area contributed by atoms with Gasteiger partial charge in [-0.1, -0.05) is 43.6 Å². The second kappa shape index (κ2) is 15.6. The van der Waals surface area contributed by atoms with E-state index in [1.165, 1.54) is 12.1 Å². The van der Waals surface area contributed by atoms with Crippen molar-refractivity contribution in [3.05, 3.63) is 65.1 Å². The van der Waals surface area contributed by atoms with Crippen LogP contribution in [0.1, 0.15) is 38.8 Å². The molecule has 11 heteroatoms. The highest BCUT2D eigenvalue weighted by Crippen LogP contribution is 2.23. The molecule has 0 aliphatic rings. The molecular weight excluding hydrogens is 552 g/mol. The van der Waals surface area contributed by atoms with Gasteiger partial charge in [0, 0.05) is 29.9 Å². The highest BCUT2D eigenvalue weighted by atomic mass is 79.9. The maximum Gasteiger partial charge on any atom is 0.302 e. The summed E-state index contributed by atoms with van der Waals surface area (Å²) in [6.07, 6.45) is 3.14. The Labute approximate surface area is 183 Å². The van der Waals surface area contributed by atoms with Crippen molar-refractivity contribution in [3.8, 4) is 0 Å². The van der Waals surface area contributed by atoms with Gasteiger partial charge >= 0.3 is 11.4 Å². The number of hydrogen-bond acceptors (Lipinski definition) is 6. The van der Waals surface area contributed by atoms with Crippen molar-refractivity contribution < 1.29 is 9.85 Å². The van der Waals surface area contributed by atoms with Crippen molar-refractivity contribution in [2.45, 2.75) is 39.9 Å². The number of rotatable bonds is 3. The average Bonchev–Trinajstić information content (AvgIpc) is 2.67. The minimum absolute atomic E-state index is 0.00463. The van der Waals surface area contributed by atoms with E-state index in [0.29, 0.717) is 5.33 Å². The summed E-state index contributed by atoms with van der Waals surface area (Å²) >= 11 is 9.16. The van der Waals surface area contributed by atoms with E-state index in [1.54, 1.807) is 19.3 Å². The van der Waals surface area contributed by atoms with Gasteiger partial charge in [0.15, 0.2) is 9.21 Å². The van der Waals surface area contributed by atoms with E-state index in [-0.39, 0.29) is 20.6 Å². The van der Waals surface area contributed by atoms with Crippen molar-refractivity contribution in [1.82, 2.24) is 9.97 Å². The number of aromatic nitrogens is 2. The topological polar surface area (TPSA) is 112 Å². The molecule has 0 aliphatic heterocycles. The van der Waals surface area contributed by atoms with E-state index in [0.717, 1.165) is 11.1 Å². The van der Waals surface area contributed by atoms with E-state index in [4.69, 9.17) is 0 Å². The summed E-state index contributed by atoms with van der Waals surface area (Å²) in [5, 5.41) is 21.3. The molecule has 0 fully saturated rings. The maximum atomic E-state index is 10.4. The van der Waals surface area contributed by atoms with Gasteiger partial charge in [-0.2, -0.15) is 0 Å². The molecule has 2 rings (SSSR count). The van der Waals surface area contributed by atoms with Gasteiger partial charge in [-0.15, -0.1) is 0 Å². The first-order valence-corrected chi connectivity index (χ1v) is 10.6. The summed E-state index contributed by atoms with van der Waals surface area (Å²) in [6, 6.07) is 2.95. The van der Waals surface area contributed by atoms with Crippen LogP contribution in [-0.2, 0) is 5.33 Å². The van der Waals surface area contributed by atoms with E-state index in [2.05, 4.69) is 57.8 Å². The average molecular weight is 573 g/mol. The molecular formula is C16H21Br3N4O4. The third-order valence-electron chi connectivity index (χ3n) is 2.38. The van der Waals surface area contributed by atoms with Crippen LogP contribution in [0.4, 0.5) is 11.4 Å². The number of pyridine rings is 2. The fourth-order valence-corrected chi connectivity index (χ4v) is 2.37. The molecule has 8 nitrogen and oxygen atoms in total. The standard InChI is InChI=1S/C6H4Br2N2O2.C6H5BrN2O2.2C2H6/c7-2-4-1-5(10(11)12)6(8)9-3-4;1-4-2-5(9(10)11)6(7)8-3-4;2*1-2/h1,3H,2H2;2-3H,1H3;2*1-2H3. The molecule has 0 saturated carbocycles. The summed E-state index contributed by atoms with van der Waals surface area (Å²) in [5.74, 6) is 0. The van der Waals surface area contributed by atoms with E-state index in [9.17, 15) is 20.2 Å². The Morgan fingerprint density at radius 3 is 1.67 bits per heavy atom. The van der Waals surface area contributed by atoms with Crippen LogP contribution >= 0.6 is 47.8 Å². The molecule has 0 N–H and O–H groups in total. The van der Waals surface area contributed by atoms with Crippen LogP contribution in [0, 0.1) is 27.2 Å². The van der Waals surface area contributed by atoms with Crippen molar-refractivity contribution in [3.63, 3.8) is 0 Å². The Bertz CT molecular complexity index is 746. The molecule has 0 saturated heterocycles. The molecule has 27 heavy (non-hydrogen) atoms. The fourth-order valence-electron chi connectivity index (χ4n) is 1.34. The third-order valence-corrected chi connectivity index (χ3v) is 4.25. The molecule has 0 atom stereocenters. The molecule has 150 valence electrons. The predicted octanol–water partition coefficient (Wildman–Crippen LogP) is 6.76. The zero-order valence-corrected chi connectivity index (χ0v) is 20.3. The minimum atomic E-state index is -0.469. The second-order valence-electron chi connectivity index (χ2n) is 4.12. The normalized spacial score (nSPS) is 8.74. The van der Waals surface area contributed by atoms with Gasteiger partial charge in [0.2, 0.25) is 0 Å². The highest BCUT2D eigenvalue weighted by molar-refractivity contribution is 9.10. The van der Waals surface area contributed by atoms with E-state index < -0.39 is 9.85 Å². The Balaban J connectivity index is 0. The first kappa shape index (κ1) is 27.8. The number of nitrogens with zero attached hydrogens (tertiary/aromatic N) is 4. The van der Waals surface area contributed by atoms with Crippen molar-refractivity contribution in [2.24, 2.45) is 0 Å². The Morgan fingerprint density at radius 2 is 1.30 bits per heavy atom. The van der Waals surface area contributed by atoms with Crippen molar-refractivity contribution in [2.75, 3.05) is 0 Å². The number of halogens is 3.